The summed E-state index contributed by atoms with van der Waals surface area (Å²) in [4.78, 5) is 22.9. The molecule has 0 saturated heterocycles. The molecule has 1 aromatic carbocycles. The van der Waals surface area contributed by atoms with E-state index in [2.05, 4.69) is 10.6 Å². The van der Waals surface area contributed by atoms with Crippen molar-refractivity contribution < 1.29 is 9.59 Å². The van der Waals surface area contributed by atoms with Crippen molar-refractivity contribution >= 4 is 17.6 Å². The van der Waals surface area contributed by atoms with Gasteiger partial charge in [0.15, 0.2) is 0 Å². The first-order valence-electron chi connectivity index (χ1n) is 7.19. The van der Waals surface area contributed by atoms with Crippen LogP contribution in [0.25, 0.3) is 0 Å². The zero-order valence-corrected chi connectivity index (χ0v) is 12.1. The van der Waals surface area contributed by atoms with Crippen LogP contribution in [-0.2, 0) is 4.79 Å². The Morgan fingerprint density at radius 2 is 1.90 bits per heavy atom. The second-order valence-electron chi connectivity index (χ2n) is 5.54. The highest BCUT2D eigenvalue weighted by atomic mass is 16.2. The van der Waals surface area contributed by atoms with Gasteiger partial charge in [0, 0.05) is 11.7 Å². The van der Waals surface area contributed by atoms with Crippen LogP contribution in [0.1, 0.15) is 37.8 Å². The summed E-state index contributed by atoms with van der Waals surface area (Å²) < 4.78 is 0. The zero-order chi connectivity index (χ0) is 15.4. The minimum atomic E-state index is -0.598. The van der Waals surface area contributed by atoms with Crippen molar-refractivity contribution in [3.8, 4) is 0 Å². The SMILES string of the molecule is CC(NC(=O)C1CCCC1N)c1ccc(NC(N)=O)cc1. The van der Waals surface area contributed by atoms with E-state index >= 15 is 0 Å². The van der Waals surface area contributed by atoms with Gasteiger partial charge in [-0.05, 0) is 37.5 Å². The van der Waals surface area contributed by atoms with Crippen LogP contribution in [0.5, 0.6) is 0 Å². The molecule has 6 N–H and O–H groups in total. The third-order valence-electron chi connectivity index (χ3n) is 3.94. The number of carbonyl (C=O) groups excluding carboxylic acids is 2. The normalized spacial score (nSPS) is 22.6. The number of benzene rings is 1. The maximum Gasteiger partial charge on any atom is 0.316 e. The van der Waals surface area contributed by atoms with Crippen LogP contribution in [0.3, 0.4) is 0 Å². The summed E-state index contributed by atoms with van der Waals surface area (Å²) in [5.74, 6) is -0.0601. The Morgan fingerprint density at radius 3 is 2.43 bits per heavy atom. The number of urea groups is 1. The molecule has 1 aromatic rings. The van der Waals surface area contributed by atoms with Crippen molar-refractivity contribution in [3.63, 3.8) is 0 Å². The van der Waals surface area contributed by atoms with Crippen LogP contribution < -0.4 is 22.1 Å². The molecule has 6 heteroatoms. The summed E-state index contributed by atoms with van der Waals surface area (Å²) in [5.41, 5.74) is 12.6. The molecule has 1 fully saturated rings. The Morgan fingerprint density at radius 1 is 1.24 bits per heavy atom. The van der Waals surface area contributed by atoms with E-state index < -0.39 is 6.03 Å². The van der Waals surface area contributed by atoms with Gasteiger partial charge in [-0.1, -0.05) is 18.6 Å². The number of primary amides is 1. The summed E-state index contributed by atoms with van der Waals surface area (Å²) >= 11 is 0. The average Bonchev–Trinajstić information content (AvgIpc) is 2.85. The van der Waals surface area contributed by atoms with Crippen LogP contribution in [0.4, 0.5) is 10.5 Å². The molecular formula is C15H22N4O2. The summed E-state index contributed by atoms with van der Waals surface area (Å²) in [7, 11) is 0. The van der Waals surface area contributed by atoms with E-state index in [0.717, 1.165) is 24.8 Å². The van der Waals surface area contributed by atoms with Crippen molar-refractivity contribution in [2.75, 3.05) is 5.32 Å². The first kappa shape index (κ1) is 15.3. The molecule has 0 aromatic heterocycles. The highest BCUT2D eigenvalue weighted by molar-refractivity contribution is 5.87. The molecule has 0 spiro atoms. The van der Waals surface area contributed by atoms with Crippen LogP contribution in [0.15, 0.2) is 24.3 Å². The van der Waals surface area contributed by atoms with E-state index in [4.69, 9.17) is 11.5 Å². The summed E-state index contributed by atoms with van der Waals surface area (Å²) in [5, 5.41) is 5.50. The van der Waals surface area contributed by atoms with E-state index in [9.17, 15) is 9.59 Å². The van der Waals surface area contributed by atoms with Crippen LogP contribution in [0, 0.1) is 5.92 Å². The number of amides is 3. The van der Waals surface area contributed by atoms with E-state index in [1.807, 2.05) is 19.1 Å². The number of nitrogens with two attached hydrogens (primary N) is 2. The third kappa shape index (κ3) is 3.95. The minimum absolute atomic E-state index is 0.0202. The topological polar surface area (TPSA) is 110 Å². The third-order valence-corrected chi connectivity index (χ3v) is 3.94. The Hall–Kier alpha value is -2.08. The predicted molar refractivity (Wildman–Crippen MR) is 81.5 cm³/mol. The first-order valence-corrected chi connectivity index (χ1v) is 7.19. The lowest BCUT2D eigenvalue weighted by molar-refractivity contribution is -0.125. The highest BCUT2D eigenvalue weighted by Crippen LogP contribution is 2.25. The maximum absolute atomic E-state index is 12.2. The van der Waals surface area contributed by atoms with E-state index in [0.29, 0.717) is 5.69 Å². The standard InChI is InChI=1S/C15H22N4O2/c1-9(18-14(20)12-3-2-4-13(12)16)10-5-7-11(8-6-10)19-15(17)21/h5-9,12-13H,2-4,16H2,1H3,(H,18,20)(H3,17,19,21). The van der Waals surface area contributed by atoms with E-state index in [1.165, 1.54) is 0 Å². The highest BCUT2D eigenvalue weighted by Gasteiger charge is 2.30. The Balaban J connectivity index is 1.95. The molecule has 0 bridgehead atoms. The van der Waals surface area contributed by atoms with E-state index in [-0.39, 0.29) is 23.9 Å². The lowest BCUT2D eigenvalue weighted by Crippen LogP contribution is -2.39. The molecule has 3 atom stereocenters. The number of anilines is 1. The minimum Gasteiger partial charge on any atom is -0.351 e. The van der Waals surface area contributed by atoms with Crippen molar-refractivity contribution in [3.05, 3.63) is 29.8 Å². The molecule has 114 valence electrons. The smallest absolute Gasteiger partial charge is 0.316 e. The molecule has 1 saturated carbocycles. The van der Waals surface area contributed by atoms with Gasteiger partial charge in [0.1, 0.15) is 0 Å². The fourth-order valence-corrected chi connectivity index (χ4v) is 2.72. The Kier molecular flexibility index (Phi) is 4.80. The number of carbonyl (C=O) groups is 2. The zero-order valence-electron chi connectivity index (χ0n) is 12.1. The Bertz CT molecular complexity index is 515. The molecule has 0 heterocycles. The van der Waals surface area contributed by atoms with E-state index in [1.54, 1.807) is 12.1 Å². The second kappa shape index (κ2) is 6.58. The molecule has 0 aliphatic heterocycles. The quantitative estimate of drug-likeness (QED) is 0.674. The monoisotopic (exact) mass is 290 g/mol. The van der Waals surface area contributed by atoms with Gasteiger partial charge in [0.05, 0.1) is 12.0 Å². The van der Waals surface area contributed by atoms with Crippen LogP contribution in [-0.4, -0.2) is 18.0 Å². The summed E-state index contributed by atoms with van der Waals surface area (Å²) in [6.45, 7) is 1.93. The largest absolute Gasteiger partial charge is 0.351 e. The lowest BCUT2D eigenvalue weighted by Gasteiger charge is -2.20. The van der Waals surface area contributed by atoms with Gasteiger partial charge in [0.2, 0.25) is 5.91 Å². The van der Waals surface area contributed by atoms with Crippen LogP contribution in [0.2, 0.25) is 0 Å². The van der Waals surface area contributed by atoms with Gasteiger partial charge in [-0.2, -0.15) is 0 Å². The molecule has 3 unspecified atom stereocenters. The number of hydrogen-bond acceptors (Lipinski definition) is 3. The molecule has 0 radical (unpaired) electrons. The van der Waals surface area contributed by atoms with Crippen LogP contribution >= 0.6 is 0 Å². The molecule has 6 nitrogen and oxygen atoms in total. The summed E-state index contributed by atoms with van der Waals surface area (Å²) in [6, 6.07) is 6.48. The number of rotatable bonds is 4. The van der Waals surface area contributed by atoms with Gasteiger partial charge in [0.25, 0.3) is 0 Å². The fourth-order valence-electron chi connectivity index (χ4n) is 2.72. The molecule has 21 heavy (non-hydrogen) atoms. The predicted octanol–water partition coefficient (Wildman–Crippen LogP) is 1.48. The Labute approximate surface area is 124 Å². The van der Waals surface area contributed by atoms with Gasteiger partial charge in [-0.25, -0.2) is 4.79 Å². The van der Waals surface area contributed by atoms with Gasteiger partial charge < -0.3 is 22.1 Å². The van der Waals surface area contributed by atoms with Gasteiger partial charge in [-0.3, -0.25) is 4.79 Å². The molecular weight excluding hydrogens is 268 g/mol. The van der Waals surface area contributed by atoms with Gasteiger partial charge >= 0.3 is 6.03 Å². The number of hydrogen-bond donors (Lipinski definition) is 4. The number of nitrogens with one attached hydrogen (secondary N) is 2. The molecule has 1 aliphatic carbocycles. The first-order chi connectivity index (χ1) is 9.97. The maximum atomic E-state index is 12.2. The summed E-state index contributed by atoms with van der Waals surface area (Å²) in [6.07, 6.45) is 2.79. The van der Waals surface area contributed by atoms with Gasteiger partial charge in [-0.15, -0.1) is 0 Å². The fraction of sp³-hybridized carbons (Fsp3) is 0.467. The van der Waals surface area contributed by atoms with Crippen molar-refractivity contribution in [2.24, 2.45) is 17.4 Å². The van der Waals surface area contributed by atoms with Crippen molar-refractivity contribution in [1.82, 2.24) is 5.32 Å². The molecule has 3 amide bonds. The molecule has 1 aliphatic rings. The second-order valence-corrected chi connectivity index (χ2v) is 5.54. The average molecular weight is 290 g/mol. The van der Waals surface area contributed by atoms with Crippen molar-refractivity contribution in [2.45, 2.75) is 38.3 Å². The lowest BCUT2D eigenvalue weighted by atomic mass is 10.0. The van der Waals surface area contributed by atoms with Crippen molar-refractivity contribution in [1.29, 1.82) is 0 Å². The molecule has 2 rings (SSSR count).